The van der Waals surface area contributed by atoms with Crippen molar-refractivity contribution < 1.29 is 0 Å². The Labute approximate surface area is 186 Å². The zero-order valence-corrected chi connectivity index (χ0v) is 17.4. The van der Waals surface area contributed by atoms with Gasteiger partial charge in [0.25, 0.3) is 0 Å². The highest BCUT2D eigenvalue weighted by Gasteiger charge is 2.26. The molecule has 0 saturated heterocycles. The maximum Gasteiger partial charge on any atom is 0.202 e. The first-order valence-electron chi connectivity index (χ1n) is 9.78. The van der Waals surface area contributed by atoms with E-state index in [1.165, 1.54) is 0 Å². The number of nitriles is 1. The molecule has 5 nitrogen and oxygen atoms in total. The minimum absolute atomic E-state index is 0.0774. The second kappa shape index (κ2) is 8.04. The van der Waals surface area contributed by atoms with E-state index in [1.807, 2.05) is 56.3 Å². The van der Waals surface area contributed by atoms with Gasteiger partial charge in [-0.1, -0.05) is 42.5 Å². The molecule has 0 aliphatic heterocycles. The Morgan fingerprint density at radius 2 is 1.66 bits per heavy atom. The van der Waals surface area contributed by atoms with Crippen LogP contribution < -0.4 is 0 Å². The Kier molecular flexibility index (Phi) is 5.10. The first kappa shape index (κ1) is 20.3. The van der Waals surface area contributed by atoms with E-state index in [-0.39, 0.29) is 22.6 Å². The van der Waals surface area contributed by atoms with Gasteiger partial charge in [-0.05, 0) is 52.9 Å². The van der Waals surface area contributed by atoms with Crippen LogP contribution in [0.15, 0.2) is 48.7 Å². The predicted molar refractivity (Wildman–Crippen MR) is 128 cm³/mol. The molecule has 148 valence electrons. The van der Waals surface area contributed by atoms with E-state index in [9.17, 15) is 5.26 Å². The summed E-state index contributed by atoms with van der Waals surface area (Å²) >= 11 is 0. The second-order valence-electron chi connectivity index (χ2n) is 7.10. The first-order valence-corrected chi connectivity index (χ1v) is 9.78. The molecule has 0 atom stereocenters. The molecule has 5 heteroatoms. The number of aryl methyl sites for hydroxylation is 1. The van der Waals surface area contributed by atoms with E-state index in [2.05, 4.69) is 25.6 Å². The van der Waals surface area contributed by atoms with Crippen molar-refractivity contribution in [3.63, 3.8) is 0 Å². The Bertz CT molecular complexity index is 1630. The van der Waals surface area contributed by atoms with Gasteiger partial charge in [0.2, 0.25) is 11.4 Å². The third kappa shape index (κ3) is 2.79. The summed E-state index contributed by atoms with van der Waals surface area (Å²) in [5.41, 5.74) is 4.17. The Hall–Kier alpha value is -4.97. The Morgan fingerprint density at radius 3 is 2.31 bits per heavy atom. The molecule has 1 aromatic heterocycles. The van der Waals surface area contributed by atoms with Crippen molar-refractivity contribution >= 4 is 44.8 Å². The summed E-state index contributed by atoms with van der Waals surface area (Å²) in [5.74, 6) is 0. The van der Waals surface area contributed by atoms with Crippen molar-refractivity contribution in [2.75, 3.05) is 0 Å². The molecule has 0 unspecified atom stereocenters. The van der Waals surface area contributed by atoms with E-state index < -0.39 is 0 Å². The fraction of sp³-hybridized carbons (Fsp3) is 0.0741. The zero-order chi connectivity index (χ0) is 22.8. The zero-order valence-electron chi connectivity index (χ0n) is 17.4. The normalized spacial score (nSPS) is 10.6. The van der Waals surface area contributed by atoms with Crippen LogP contribution in [0.2, 0.25) is 0 Å². The van der Waals surface area contributed by atoms with Crippen LogP contribution in [-0.2, 0) is 0 Å². The van der Waals surface area contributed by atoms with Crippen molar-refractivity contribution in [1.82, 2.24) is 4.98 Å². The molecule has 0 fully saturated rings. The standard InChI is InChI=1S/C27H15N5/c1-6-10-17-11-7-8-12-18(17)21-16(2)24-19(13-9-14-32-24)22-20(15-28)25(29-3)27(31-5)26(30-4)23(21)22/h6-14H,1-2H3/b10-6-. The van der Waals surface area contributed by atoms with Crippen LogP contribution >= 0.6 is 0 Å². The molecular weight excluding hydrogens is 394 g/mol. The number of allylic oxidation sites excluding steroid dienone is 1. The number of fused-ring (bicyclic) bond motifs is 3. The highest BCUT2D eigenvalue weighted by Crippen LogP contribution is 2.53. The fourth-order valence-corrected chi connectivity index (χ4v) is 4.25. The van der Waals surface area contributed by atoms with Gasteiger partial charge in [0.1, 0.15) is 0 Å². The lowest BCUT2D eigenvalue weighted by atomic mass is 9.85. The quantitative estimate of drug-likeness (QED) is 0.249. The maximum atomic E-state index is 10.1. The van der Waals surface area contributed by atoms with Crippen LogP contribution in [-0.4, -0.2) is 4.98 Å². The van der Waals surface area contributed by atoms with Crippen LogP contribution in [0.3, 0.4) is 0 Å². The molecule has 4 aromatic rings. The third-order valence-corrected chi connectivity index (χ3v) is 5.50. The largest absolute Gasteiger partial charge is 0.262 e. The third-order valence-electron chi connectivity index (χ3n) is 5.50. The second-order valence-corrected chi connectivity index (χ2v) is 7.10. The fourth-order valence-electron chi connectivity index (χ4n) is 4.25. The van der Waals surface area contributed by atoms with Gasteiger partial charge in [-0.25, -0.2) is 0 Å². The van der Waals surface area contributed by atoms with Gasteiger partial charge in [-0.3, -0.25) is 19.5 Å². The molecule has 0 spiro atoms. The summed E-state index contributed by atoms with van der Waals surface area (Å²) in [7, 11) is 0. The Morgan fingerprint density at radius 1 is 0.938 bits per heavy atom. The monoisotopic (exact) mass is 409 g/mol. The SMILES string of the molecule is [C-]#[N+]c1c([N+]#[C-])c(C#N)c2c(c1[N+]#[C-])c(-c1ccccc1/C=C\C)c(C)c1ncccc12. The van der Waals surface area contributed by atoms with Gasteiger partial charge in [0.05, 0.1) is 36.9 Å². The lowest BCUT2D eigenvalue weighted by Crippen LogP contribution is -1.96. The van der Waals surface area contributed by atoms with E-state index in [1.54, 1.807) is 12.3 Å². The summed E-state index contributed by atoms with van der Waals surface area (Å²) in [5, 5.41) is 11.8. The summed E-state index contributed by atoms with van der Waals surface area (Å²) in [6, 6.07) is 13.6. The van der Waals surface area contributed by atoms with E-state index >= 15 is 0 Å². The van der Waals surface area contributed by atoms with E-state index in [0.717, 1.165) is 22.3 Å². The molecule has 0 N–H and O–H groups in total. The maximum absolute atomic E-state index is 10.1. The molecule has 0 amide bonds. The number of nitrogens with zero attached hydrogens (tertiary/aromatic N) is 5. The van der Waals surface area contributed by atoms with Gasteiger partial charge >= 0.3 is 0 Å². The minimum atomic E-state index is -0.0808. The van der Waals surface area contributed by atoms with Crippen molar-refractivity contribution in [1.29, 1.82) is 5.26 Å². The number of aromatic nitrogens is 1. The van der Waals surface area contributed by atoms with Gasteiger partial charge in [0, 0.05) is 11.6 Å². The Balaban J connectivity index is 2.47. The highest BCUT2D eigenvalue weighted by molar-refractivity contribution is 6.25. The van der Waals surface area contributed by atoms with Gasteiger partial charge in [-0.15, -0.1) is 0 Å². The van der Waals surface area contributed by atoms with Gasteiger partial charge in [0.15, 0.2) is 5.69 Å². The lowest BCUT2D eigenvalue weighted by Gasteiger charge is -2.20. The first-order chi connectivity index (χ1) is 15.6. The van der Waals surface area contributed by atoms with E-state index in [0.29, 0.717) is 21.7 Å². The molecule has 4 rings (SSSR count). The minimum Gasteiger partial charge on any atom is -0.262 e. The predicted octanol–water partition coefficient (Wildman–Crippen LogP) is 7.92. The van der Waals surface area contributed by atoms with Crippen molar-refractivity contribution in [2.45, 2.75) is 13.8 Å². The van der Waals surface area contributed by atoms with Crippen molar-refractivity contribution in [3.8, 4) is 17.2 Å². The molecule has 0 saturated carbocycles. The molecule has 0 radical (unpaired) electrons. The number of benzene rings is 3. The number of hydrogen-bond acceptors (Lipinski definition) is 2. The van der Waals surface area contributed by atoms with Crippen LogP contribution in [0.4, 0.5) is 17.1 Å². The van der Waals surface area contributed by atoms with Crippen LogP contribution in [0.1, 0.15) is 23.6 Å². The van der Waals surface area contributed by atoms with Crippen molar-refractivity contribution in [3.05, 3.63) is 99.6 Å². The topological polar surface area (TPSA) is 49.8 Å². The van der Waals surface area contributed by atoms with Crippen LogP contribution in [0, 0.1) is 38.0 Å². The molecular formula is C27H15N5. The lowest BCUT2D eigenvalue weighted by molar-refractivity contribution is 1.37. The van der Waals surface area contributed by atoms with Crippen molar-refractivity contribution in [2.24, 2.45) is 0 Å². The summed E-state index contributed by atoms with van der Waals surface area (Å²) in [6.45, 7) is 27.1. The highest BCUT2D eigenvalue weighted by atomic mass is 14.8. The summed E-state index contributed by atoms with van der Waals surface area (Å²) in [6.07, 6.45) is 5.61. The number of pyridine rings is 1. The molecule has 0 aliphatic carbocycles. The van der Waals surface area contributed by atoms with Crippen LogP contribution in [0.5, 0.6) is 0 Å². The molecule has 1 heterocycles. The van der Waals surface area contributed by atoms with E-state index in [4.69, 9.17) is 19.7 Å². The molecule has 0 aliphatic rings. The van der Waals surface area contributed by atoms with Gasteiger partial charge in [-0.2, -0.15) is 5.26 Å². The molecule has 32 heavy (non-hydrogen) atoms. The number of rotatable bonds is 2. The average molecular weight is 409 g/mol. The summed E-state index contributed by atoms with van der Waals surface area (Å²) < 4.78 is 0. The van der Waals surface area contributed by atoms with Gasteiger partial charge < -0.3 is 0 Å². The molecule has 3 aromatic carbocycles. The smallest absolute Gasteiger partial charge is 0.202 e. The number of hydrogen-bond donors (Lipinski definition) is 0. The van der Waals surface area contributed by atoms with Crippen LogP contribution in [0.25, 0.3) is 53.4 Å². The average Bonchev–Trinajstić information content (AvgIpc) is 2.83. The summed E-state index contributed by atoms with van der Waals surface area (Å²) in [4.78, 5) is 15.3. The molecule has 0 bridgehead atoms.